The van der Waals surface area contributed by atoms with E-state index in [2.05, 4.69) is 0 Å². The van der Waals surface area contributed by atoms with Gasteiger partial charge >= 0.3 is 0 Å². The zero-order valence-electron chi connectivity index (χ0n) is 7.71. The third-order valence-corrected chi connectivity index (χ3v) is 3.58. The summed E-state index contributed by atoms with van der Waals surface area (Å²) in [6.45, 7) is 0. The van der Waals surface area contributed by atoms with Crippen LogP contribution in [0.1, 0.15) is 14.5 Å². The first-order valence-electron chi connectivity index (χ1n) is 4.30. The van der Waals surface area contributed by atoms with Gasteiger partial charge in [-0.3, -0.25) is 4.79 Å². The quantitative estimate of drug-likeness (QED) is 0.502. The van der Waals surface area contributed by atoms with Crippen molar-refractivity contribution in [1.82, 2.24) is 0 Å². The van der Waals surface area contributed by atoms with Gasteiger partial charge in [0.15, 0.2) is 5.78 Å². The number of thiophene rings is 2. The van der Waals surface area contributed by atoms with Gasteiger partial charge in [0.05, 0.1) is 9.75 Å². The second-order valence-corrected chi connectivity index (χ2v) is 4.74. The normalized spacial score (nSPS) is 11.6. The second kappa shape index (κ2) is 4.42. The predicted octanol–water partition coefficient (Wildman–Crippen LogP) is 3.59. The Morgan fingerprint density at radius 3 is 2.27 bits per heavy atom. The van der Waals surface area contributed by atoms with Crippen LogP contribution in [-0.2, 0) is 0 Å². The largest absolute Gasteiger partial charge is 0.506 e. The molecule has 2 aromatic rings. The van der Waals surface area contributed by atoms with Gasteiger partial charge in [-0.2, -0.15) is 0 Å². The molecule has 0 radical (unpaired) electrons. The summed E-state index contributed by atoms with van der Waals surface area (Å²) in [6.07, 6.45) is 1.26. The number of carbonyl (C=O) groups excluding carboxylic acids is 1. The Hall–Kier alpha value is -1.39. The Balaban J connectivity index is 2.21. The lowest BCUT2D eigenvalue weighted by atomic mass is 10.2. The third kappa shape index (κ3) is 2.34. The van der Waals surface area contributed by atoms with Crippen LogP contribution in [0.3, 0.4) is 0 Å². The molecule has 0 atom stereocenters. The zero-order chi connectivity index (χ0) is 10.7. The molecule has 0 amide bonds. The molecular weight excluding hydrogens is 228 g/mol. The van der Waals surface area contributed by atoms with Gasteiger partial charge in [0.1, 0.15) is 5.76 Å². The minimum atomic E-state index is -0.157. The number of aliphatic hydroxyl groups is 1. The van der Waals surface area contributed by atoms with Gasteiger partial charge in [0.2, 0.25) is 0 Å². The summed E-state index contributed by atoms with van der Waals surface area (Å²) in [5.41, 5.74) is 0. The third-order valence-electron chi connectivity index (χ3n) is 1.81. The van der Waals surface area contributed by atoms with Crippen LogP contribution in [0.15, 0.2) is 41.1 Å². The highest BCUT2D eigenvalue weighted by molar-refractivity contribution is 7.12. The van der Waals surface area contributed by atoms with Gasteiger partial charge in [0.25, 0.3) is 0 Å². The van der Waals surface area contributed by atoms with E-state index in [9.17, 15) is 9.90 Å². The summed E-state index contributed by atoms with van der Waals surface area (Å²) >= 11 is 2.77. The van der Waals surface area contributed by atoms with E-state index in [1.807, 2.05) is 22.9 Å². The Kier molecular flexibility index (Phi) is 2.99. The van der Waals surface area contributed by atoms with Gasteiger partial charge in [-0.15, -0.1) is 22.7 Å². The van der Waals surface area contributed by atoms with E-state index in [1.165, 1.54) is 28.7 Å². The molecule has 0 unspecified atom stereocenters. The van der Waals surface area contributed by atoms with Crippen LogP contribution < -0.4 is 0 Å². The molecule has 76 valence electrons. The Morgan fingerprint density at radius 2 is 1.73 bits per heavy atom. The van der Waals surface area contributed by atoms with Crippen LogP contribution in [0.5, 0.6) is 0 Å². The Bertz CT molecular complexity index is 467. The number of carbonyl (C=O) groups is 1. The molecule has 0 saturated heterocycles. The summed E-state index contributed by atoms with van der Waals surface area (Å²) < 4.78 is 0. The van der Waals surface area contributed by atoms with Gasteiger partial charge in [0, 0.05) is 6.08 Å². The first-order chi connectivity index (χ1) is 7.27. The molecule has 0 aliphatic carbocycles. The van der Waals surface area contributed by atoms with Crippen molar-refractivity contribution in [2.75, 3.05) is 0 Å². The molecule has 0 aliphatic heterocycles. The minimum Gasteiger partial charge on any atom is -0.506 e. The molecule has 1 N–H and O–H groups in total. The fourth-order valence-electron chi connectivity index (χ4n) is 1.11. The van der Waals surface area contributed by atoms with Crippen LogP contribution in [0.25, 0.3) is 5.76 Å². The molecular formula is C11H8O2S2. The zero-order valence-corrected chi connectivity index (χ0v) is 9.35. The highest BCUT2D eigenvalue weighted by atomic mass is 32.1. The second-order valence-electron chi connectivity index (χ2n) is 2.85. The highest BCUT2D eigenvalue weighted by Crippen LogP contribution is 2.19. The molecule has 0 aromatic carbocycles. The van der Waals surface area contributed by atoms with E-state index in [-0.39, 0.29) is 11.5 Å². The van der Waals surface area contributed by atoms with E-state index >= 15 is 0 Å². The van der Waals surface area contributed by atoms with Gasteiger partial charge < -0.3 is 5.11 Å². The minimum absolute atomic E-state index is 0.0309. The number of hydrogen-bond donors (Lipinski definition) is 1. The fraction of sp³-hybridized carbons (Fsp3) is 0. The molecule has 2 aromatic heterocycles. The lowest BCUT2D eigenvalue weighted by Crippen LogP contribution is -1.91. The van der Waals surface area contributed by atoms with Crippen molar-refractivity contribution in [3.63, 3.8) is 0 Å². The summed E-state index contributed by atoms with van der Waals surface area (Å²) in [7, 11) is 0. The van der Waals surface area contributed by atoms with Crippen molar-refractivity contribution in [2.24, 2.45) is 0 Å². The van der Waals surface area contributed by atoms with Gasteiger partial charge in [-0.25, -0.2) is 0 Å². The van der Waals surface area contributed by atoms with E-state index in [1.54, 1.807) is 12.1 Å². The summed E-state index contributed by atoms with van der Waals surface area (Å²) in [5.74, 6) is -0.126. The van der Waals surface area contributed by atoms with Crippen molar-refractivity contribution < 1.29 is 9.90 Å². The first-order valence-corrected chi connectivity index (χ1v) is 6.05. The number of aliphatic hydroxyl groups excluding tert-OH is 1. The van der Waals surface area contributed by atoms with Crippen molar-refractivity contribution in [1.29, 1.82) is 0 Å². The summed E-state index contributed by atoms with van der Waals surface area (Å²) in [6, 6.07) is 7.16. The van der Waals surface area contributed by atoms with Crippen LogP contribution >= 0.6 is 22.7 Å². The Labute approximate surface area is 95.1 Å². The SMILES string of the molecule is O=C(C=C(O)c1cccs1)c1cccs1. The number of ketones is 1. The molecule has 2 rings (SSSR count). The molecule has 0 fully saturated rings. The molecule has 2 heterocycles. The van der Waals surface area contributed by atoms with Crippen LogP contribution in [-0.4, -0.2) is 10.9 Å². The number of allylic oxidation sites excluding steroid dienone is 1. The fourth-order valence-corrected chi connectivity index (χ4v) is 2.39. The Morgan fingerprint density at radius 1 is 1.13 bits per heavy atom. The van der Waals surface area contributed by atoms with Crippen molar-refractivity contribution >= 4 is 34.2 Å². The predicted molar refractivity (Wildman–Crippen MR) is 63.6 cm³/mol. The molecule has 0 bridgehead atoms. The van der Waals surface area contributed by atoms with Crippen molar-refractivity contribution in [3.05, 3.63) is 50.9 Å². The lowest BCUT2D eigenvalue weighted by molar-refractivity contribution is 0.105. The maximum Gasteiger partial charge on any atom is 0.199 e. The lowest BCUT2D eigenvalue weighted by Gasteiger charge is -1.94. The van der Waals surface area contributed by atoms with Crippen molar-refractivity contribution in [2.45, 2.75) is 0 Å². The first kappa shape index (κ1) is 10.1. The van der Waals surface area contributed by atoms with E-state index in [0.29, 0.717) is 9.75 Å². The average Bonchev–Trinajstić information content (AvgIpc) is 2.91. The van der Waals surface area contributed by atoms with Crippen LogP contribution in [0, 0.1) is 0 Å². The van der Waals surface area contributed by atoms with E-state index < -0.39 is 0 Å². The molecule has 15 heavy (non-hydrogen) atoms. The van der Waals surface area contributed by atoms with Crippen molar-refractivity contribution in [3.8, 4) is 0 Å². The van der Waals surface area contributed by atoms with E-state index in [0.717, 1.165) is 0 Å². The number of rotatable bonds is 3. The highest BCUT2D eigenvalue weighted by Gasteiger charge is 2.06. The molecule has 0 aliphatic rings. The maximum atomic E-state index is 11.6. The average molecular weight is 236 g/mol. The smallest absolute Gasteiger partial charge is 0.199 e. The monoisotopic (exact) mass is 236 g/mol. The van der Waals surface area contributed by atoms with Crippen LogP contribution in [0.2, 0.25) is 0 Å². The van der Waals surface area contributed by atoms with Crippen LogP contribution in [0.4, 0.5) is 0 Å². The molecule has 0 spiro atoms. The maximum absolute atomic E-state index is 11.6. The molecule has 0 saturated carbocycles. The van der Waals surface area contributed by atoms with Gasteiger partial charge in [-0.1, -0.05) is 12.1 Å². The van der Waals surface area contributed by atoms with E-state index in [4.69, 9.17) is 0 Å². The summed E-state index contributed by atoms with van der Waals surface area (Å²) in [5, 5.41) is 13.3. The number of hydrogen-bond acceptors (Lipinski definition) is 4. The topological polar surface area (TPSA) is 37.3 Å². The molecule has 2 nitrogen and oxygen atoms in total. The summed E-state index contributed by atoms with van der Waals surface area (Å²) in [4.78, 5) is 12.9. The standard InChI is InChI=1S/C11H8O2S2/c12-8(10-3-1-5-14-10)7-9(13)11-4-2-6-15-11/h1-7,12H. The van der Waals surface area contributed by atoms with Gasteiger partial charge in [-0.05, 0) is 22.9 Å². The molecule has 4 heteroatoms.